The fourth-order valence-electron chi connectivity index (χ4n) is 3.49. The molecule has 0 aromatic heterocycles. The van der Waals surface area contributed by atoms with Crippen molar-refractivity contribution in [3.8, 4) is 11.5 Å². The quantitative estimate of drug-likeness (QED) is 0.614. The lowest BCUT2D eigenvalue weighted by molar-refractivity contribution is -0.122. The summed E-state index contributed by atoms with van der Waals surface area (Å²) >= 11 is 0. The van der Waals surface area contributed by atoms with Gasteiger partial charge in [-0.3, -0.25) is 9.10 Å². The van der Waals surface area contributed by atoms with Gasteiger partial charge in [-0.1, -0.05) is 31.2 Å². The fourth-order valence-corrected chi connectivity index (χ4v) is 4.96. The number of benzene rings is 3. The van der Waals surface area contributed by atoms with Crippen molar-refractivity contribution < 1.29 is 22.7 Å². The van der Waals surface area contributed by atoms with Gasteiger partial charge in [0.1, 0.15) is 11.5 Å². The number of sulfonamides is 1. The predicted molar refractivity (Wildman–Crippen MR) is 123 cm³/mol. The van der Waals surface area contributed by atoms with E-state index in [2.05, 4.69) is 12.2 Å². The van der Waals surface area contributed by atoms with Gasteiger partial charge < -0.3 is 14.8 Å². The number of aryl methyl sites for hydroxylation is 1. The summed E-state index contributed by atoms with van der Waals surface area (Å²) in [6.07, 6.45) is -0.113. The van der Waals surface area contributed by atoms with Crippen molar-refractivity contribution in [2.75, 3.05) is 23.3 Å². The van der Waals surface area contributed by atoms with Gasteiger partial charge >= 0.3 is 0 Å². The molecule has 4 rings (SSSR count). The lowest BCUT2D eigenvalue weighted by atomic mass is 10.1. The number of fused-ring (bicyclic) bond motifs is 1. The maximum Gasteiger partial charge on any atom is 0.267 e. The van der Waals surface area contributed by atoms with Gasteiger partial charge in [-0.15, -0.1) is 0 Å². The van der Waals surface area contributed by atoms with Crippen molar-refractivity contribution in [3.63, 3.8) is 0 Å². The van der Waals surface area contributed by atoms with Gasteiger partial charge in [0.05, 0.1) is 24.2 Å². The molecular weight excluding hydrogens is 428 g/mol. The van der Waals surface area contributed by atoms with Crippen LogP contribution in [0.5, 0.6) is 11.5 Å². The Morgan fingerprint density at radius 2 is 1.75 bits per heavy atom. The van der Waals surface area contributed by atoms with E-state index in [1.54, 1.807) is 36.4 Å². The number of carbonyl (C=O) groups is 1. The highest BCUT2D eigenvalue weighted by Crippen LogP contribution is 2.37. The number of hydrogen-bond acceptors (Lipinski definition) is 5. The molecule has 1 N–H and O–H groups in total. The SMILES string of the molecule is CCc1ccc(NC(=O)C2CN(S(=O)(=O)c3ccc(OC)cc3)c3ccccc3O2)cc1. The average Bonchev–Trinajstić information content (AvgIpc) is 2.83. The fraction of sp³-hybridized carbons (Fsp3) is 0.208. The highest BCUT2D eigenvalue weighted by Gasteiger charge is 2.37. The summed E-state index contributed by atoms with van der Waals surface area (Å²) in [6, 6.07) is 20.4. The van der Waals surface area contributed by atoms with Crippen LogP contribution in [0.15, 0.2) is 77.7 Å². The van der Waals surface area contributed by atoms with Crippen LogP contribution in [-0.2, 0) is 21.2 Å². The molecule has 0 fully saturated rings. The van der Waals surface area contributed by atoms with E-state index in [1.807, 2.05) is 24.3 Å². The Bertz CT molecular complexity index is 1210. The molecule has 1 heterocycles. The predicted octanol–water partition coefficient (Wildman–Crippen LogP) is 3.85. The van der Waals surface area contributed by atoms with Crippen LogP contribution in [0.25, 0.3) is 0 Å². The van der Waals surface area contributed by atoms with Crippen LogP contribution in [0.1, 0.15) is 12.5 Å². The first-order valence-electron chi connectivity index (χ1n) is 10.2. The van der Waals surface area contributed by atoms with E-state index in [0.29, 0.717) is 22.9 Å². The number of nitrogens with zero attached hydrogens (tertiary/aromatic N) is 1. The van der Waals surface area contributed by atoms with Crippen LogP contribution in [0.4, 0.5) is 11.4 Å². The van der Waals surface area contributed by atoms with Gasteiger partial charge in [0.2, 0.25) is 0 Å². The third-order valence-electron chi connectivity index (χ3n) is 5.30. The number of carbonyl (C=O) groups excluding carboxylic acids is 1. The summed E-state index contributed by atoms with van der Waals surface area (Å²) in [6.45, 7) is 1.91. The van der Waals surface area contributed by atoms with Gasteiger partial charge in [0.25, 0.3) is 15.9 Å². The molecule has 1 amide bonds. The van der Waals surface area contributed by atoms with Crippen LogP contribution >= 0.6 is 0 Å². The van der Waals surface area contributed by atoms with E-state index < -0.39 is 22.0 Å². The molecule has 7 nitrogen and oxygen atoms in total. The smallest absolute Gasteiger partial charge is 0.267 e. The average molecular weight is 453 g/mol. The third kappa shape index (κ3) is 4.27. The molecule has 166 valence electrons. The number of anilines is 2. The number of hydrogen-bond donors (Lipinski definition) is 1. The molecule has 0 saturated heterocycles. The number of para-hydroxylation sites is 2. The number of ether oxygens (including phenoxy) is 2. The molecule has 0 aliphatic carbocycles. The standard InChI is InChI=1S/C24H24N2O5S/c1-3-17-8-10-18(11-9-17)25-24(27)23-16-26(21-6-4-5-7-22(21)31-23)32(28,29)20-14-12-19(30-2)13-15-20/h4-15,23H,3,16H2,1-2H3,(H,25,27). The summed E-state index contributed by atoms with van der Waals surface area (Å²) in [5.74, 6) is 0.466. The Kier molecular flexibility index (Phi) is 6.05. The molecule has 0 bridgehead atoms. The van der Waals surface area contributed by atoms with E-state index in [9.17, 15) is 13.2 Å². The van der Waals surface area contributed by atoms with Gasteiger partial charge in [-0.05, 0) is 60.5 Å². The van der Waals surface area contributed by atoms with E-state index in [-0.39, 0.29) is 11.4 Å². The lowest BCUT2D eigenvalue weighted by Gasteiger charge is -2.34. The molecule has 0 spiro atoms. The third-order valence-corrected chi connectivity index (χ3v) is 7.10. The van der Waals surface area contributed by atoms with Crippen molar-refractivity contribution in [2.45, 2.75) is 24.3 Å². The van der Waals surface area contributed by atoms with Crippen molar-refractivity contribution in [1.29, 1.82) is 0 Å². The van der Waals surface area contributed by atoms with Gasteiger partial charge in [0.15, 0.2) is 6.10 Å². The zero-order chi connectivity index (χ0) is 22.7. The van der Waals surface area contributed by atoms with Crippen molar-refractivity contribution >= 4 is 27.3 Å². The van der Waals surface area contributed by atoms with E-state index in [1.165, 1.54) is 23.5 Å². The Morgan fingerprint density at radius 1 is 1.06 bits per heavy atom. The maximum absolute atomic E-state index is 13.4. The number of amides is 1. The second-order valence-corrected chi connectivity index (χ2v) is 9.19. The van der Waals surface area contributed by atoms with Crippen molar-refractivity contribution in [2.24, 2.45) is 0 Å². The molecule has 0 saturated carbocycles. The van der Waals surface area contributed by atoms with Crippen molar-refractivity contribution in [1.82, 2.24) is 0 Å². The first kappa shape index (κ1) is 21.7. The minimum absolute atomic E-state index is 0.101. The second kappa shape index (κ2) is 8.92. The van der Waals surface area contributed by atoms with E-state index >= 15 is 0 Å². The van der Waals surface area contributed by atoms with E-state index in [4.69, 9.17) is 9.47 Å². The highest BCUT2D eigenvalue weighted by molar-refractivity contribution is 7.92. The van der Waals surface area contributed by atoms with Gasteiger partial charge in [0, 0.05) is 5.69 Å². The first-order chi connectivity index (χ1) is 15.4. The monoisotopic (exact) mass is 452 g/mol. The zero-order valence-corrected chi connectivity index (χ0v) is 18.6. The van der Waals surface area contributed by atoms with Crippen LogP contribution in [-0.4, -0.2) is 34.1 Å². The molecule has 32 heavy (non-hydrogen) atoms. The Labute approximate surface area is 187 Å². The van der Waals surface area contributed by atoms with Crippen LogP contribution < -0.4 is 19.1 Å². The topological polar surface area (TPSA) is 84.9 Å². The maximum atomic E-state index is 13.4. The van der Waals surface area contributed by atoms with E-state index in [0.717, 1.165) is 12.0 Å². The molecule has 1 atom stereocenters. The Balaban J connectivity index is 1.62. The minimum Gasteiger partial charge on any atom is -0.497 e. The largest absolute Gasteiger partial charge is 0.497 e. The number of nitrogens with one attached hydrogen (secondary N) is 1. The number of rotatable bonds is 6. The summed E-state index contributed by atoms with van der Waals surface area (Å²) in [5, 5.41) is 2.82. The molecule has 0 radical (unpaired) electrons. The highest BCUT2D eigenvalue weighted by atomic mass is 32.2. The van der Waals surface area contributed by atoms with Crippen molar-refractivity contribution in [3.05, 3.63) is 78.4 Å². The van der Waals surface area contributed by atoms with Gasteiger partial charge in [-0.25, -0.2) is 8.42 Å². The molecule has 1 aliphatic heterocycles. The first-order valence-corrected chi connectivity index (χ1v) is 11.7. The van der Waals surface area contributed by atoms with Crippen LogP contribution in [0.2, 0.25) is 0 Å². The second-order valence-electron chi connectivity index (χ2n) is 7.33. The molecule has 1 aliphatic rings. The van der Waals surface area contributed by atoms with Crippen LogP contribution in [0, 0.1) is 0 Å². The zero-order valence-electron chi connectivity index (χ0n) is 17.8. The van der Waals surface area contributed by atoms with Gasteiger partial charge in [-0.2, -0.15) is 0 Å². The molecule has 3 aromatic rings. The summed E-state index contributed by atoms with van der Waals surface area (Å²) < 4.78 is 39.1. The Morgan fingerprint density at radius 3 is 2.41 bits per heavy atom. The molecular formula is C24H24N2O5S. The summed E-state index contributed by atoms with van der Waals surface area (Å²) in [5.41, 5.74) is 2.17. The summed E-state index contributed by atoms with van der Waals surface area (Å²) in [7, 11) is -2.42. The Hall–Kier alpha value is -3.52. The van der Waals surface area contributed by atoms with Crippen LogP contribution in [0.3, 0.4) is 0 Å². The lowest BCUT2D eigenvalue weighted by Crippen LogP contribution is -2.48. The normalized spacial score (nSPS) is 15.4. The summed E-state index contributed by atoms with van der Waals surface area (Å²) in [4.78, 5) is 13.1. The molecule has 1 unspecified atom stereocenters. The molecule has 3 aromatic carbocycles. The minimum atomic E-state index is -3.93. The number of methoxy groups -OCH3 is 1. The molecule has 8 heteroatoms.